The Labute approximate surface area is 117 Å². The van der Waals surface area contributed by atoms with Crippen molar-refractivity contribution >= 4 is 11.8 Å². The summed E-state index contributed by atoms with van der Waals surface area (Å²) in [6, 6.07) is 2.48. The number of hydrogen-bond donors (Lipinski definition) is 3. The molecule has 1 heterocycles. The van der Waals surface area contributed by atoms with Crippen molar-refractivity contribution in [1.29, 1.82) is 0 Å². The standard InChI is InChI=1S/C14H18N4O2/c1-9(2)12(13(16)19)18-14(20)11-6-5-10(8-17-11)4-3-7-15/h5-6,8-9,12H,7,15H2,1-2H3,(H2,16,19)(H,18,20). The first-order valence-corrected chi connectivity index (χ1v) is 6.21. The van der Waals surface area contributed by atoms with Gasteiger partial charge in [0.15, 0.2) is 0 Å². The minimum Gasteiger partial charge on any atom is -0.368 e. The Morgan fingerprint density at radius 1 is 1.40 bits per heavy atom. The minimum atomic E-state index is -0.721. The minimum absolute atomic E-state index is 0.0915. The number of primary amides is 1. The van der Waals surface area contributed by atoms with Crippen LogP contribution in [0.25, 0.3) is 0 Å². The van der Waals surface area contributed by atoms with Crippen LogP contribution in [0.4, 0.5) is 0 Å². The summed E-state index contributed by atoms with van der Waals surface area (Å²) in [5, 5.41) is 2.56. The lowest BCUT2D eigenvalue weighted by Crippen LogP contribution is -2.47. The fourth-order valence-corrected chi connectivity index (χ4v) is 1.54. The van der Waals surface area contributed by atoms with Gasteiger partial charge in [0.25, 0.3) is 5.91 Å². The number of hydrogen-bond acceptors (Lipinski definition) is 4. The monoisotopic (exact) mass is 274 g/mol. The van der Waals surface area contributed by atoms with E-state index in [2.05, 4.69) is 22.1 Å². The van der Waals surface area contributed by atoms with Crippen LogP contribution in [-0.4, -0.2) is 29.4 Å². The van der Waals surface area contributed by atoms with E-state index in [4.69, 9.17) is 11.5 Å². The molecule has 6 heteroatoms. The van der Waals surface area contributed by atoms with Crippen LogP contribution >= 0.6 is 0 Å². The molecule has 0 aromatic carbocycles. The molecule has 0 saturated carbocycles. The van der Waals surface area contributed by atoms with Gasteiger partial charge in [-0.2, -0.15) is 0 Å². The molecule has 1 unspecified atom stereocenters. The molecule has 0 bridgehead atoms. The number of nitrogens with zero attached hydrogens (tertiary/aromatic N) is 1. The third-order valence-electron chi connectivity index (χ3n) is 2.59. The fraction of sp³-hybridized carbons (Fsp3) is 0.357. The first-order chi connectivity index (χ1) is 9.45. The first kappa shape index (κ1) is 15.7. The Hall–Kier alpha value is -2.39. The van der Waals surface area contributed by atoms with Gasteiger partial charge in [0.05, 0.1) is 6.54 Å². The van der Waals surface area contributed by atoms with Crippen LogP contribution in [0.2, 0.25) is 0 Å². The van der Waals surface area contributed by atoms with Crippen molar-refractivity contribution in [3.8, 4) is 11.8 Å². The van der Waals surface area contributed by atoms with Crippen molar-refractivity contribution in [1.82, 2.24) is 10.3 Å². The van der Waals surface area contributed by atoms with Gasteiger partial charge < -0.3 is 16.8 Å². The van der Waals surface area contributed by atoms with E-state index >= 15 is 0 Å². The Kier molecular flexibility index (Phi) is 5.69. The zero-order valence-corrected chi connectivity index (χ0v) is 11.5. The molecule has 5 N–H and O–H groups in total. The number of pyridine rings is 1. The maximum Gasteiger partial charge on any atom is 0.270 e. The average molecular weight is 274 g/mol. The van der Waals surface area contributed by atoms with Crippen LogP contribution < -0.4 is 16.8 Å². The highest BCUT2D eigenvalue weighted by Gasteiger charge is 2.22. The summed E-state index contributed by atoms with van der Waals surface area (Å²) >= 11 is 0. The average Bonchev–Trinajstić information content (AvgIpc) is 2.42. The van der Waals surface area contributed by atoms with Crippen LogP contribution in [0.3, 0.4) is 0 Å². The van der Waals surface area contributed by atoms with E-state index in [9.17, 15) is 9.59 Å². The molecule has 0 saturated heterocycles. The topological polar surface area (TPSA) is 111 Å². The van der Waals surface area contributed by atoms with Gasteiger partial charge in [-0.25, -0.2) is 4.98 Å². The van der Waals surface area contributed by atoms with Gasteiger partial charge in [0.2, 0.25) is 5.91 Å². The molecule has 2 amide bonds. The summed E-state index contributed by atoms with van der Waals surface area (Å²) in [6.07, 6.45) is 1.48. The van der Waals surface area contributed by atoms with Crippen LogP contribution in [0.1, 0.15) is 29.9 Å². The highest BCUT2D eigenvalue weighted by Crippen LogP contribution is 2.04. The van der Waals surface area contributed by atoms with Gasteiger partial charge in [-0.1, -0.05) is 25.7 Å². The van der Waals surface area contributed by atoms with Crippen molar-refractivity contribution in [2.75, 3.05) is 6.54 Å². The number of carbonyl (C=O) groups is 2. The zero-order chi connectivity index (χ0) is 15.1. The van der Waals surface area contributed by atoms with Crippen LogP contribution in [-0.2, 0) is 4.79 Å². The fourth-order valence-electron chi connectivity index (χ4n) is 1.54. The van der Waals surface area contributed by atoms with Gasteiger partial charge in [-0.05, 0) is 18.1 Å². The molecule has 0 aliphatic rings. The SMILES string of the molecule is CC(C)C(NC(=O)c1ccc(C#CCN)cn1)C(N)=O. The number of aromatic nitrogens is 1. The Morgan fingerprint density at radius 2 is 2.10 bits per heavy atom. The summed E-state index contributed by atoms with van der Waals surface area (Å²) in [5.41, 5.74) is 11.4. The van der Waals surface area contributed by atoms with Crippen molar-refractivity contribution in [3.63, 3.8) is 0 Å². The molecule has 0 radical (unpaired) electrons. The number of carbonyl (C=O) groups excluding carboxylic acids is 2. The second kappa shape index (κ2) is 7.26. The van der Waals surface area contributed by atoms with Crippen LogP contribution in [0.5, 0.6) is 0 Å². The summed E-state index contributed by atoms with van der Waals surface area (Å²) in [6.45, 7) is 3.86. The van der Waals surface area contributed by atoms with E-state index < -0.39 is 17.9 Å². The van der Waals surface area contributed by atoms with E-state index in [1.807, 2.05) is 0 Å². The maximum absolute atomic E-state index is 12.0. The van der Waals surface area contributed by atoms with Gasteiger partial charge in [-0.15, -0.1) is 0 Å². The molecule has 1 rings (SSSR count). The lowest BCUT2D eigenvalue weighted by Gasteiger charge is -2.18. The molecular formula is C14H18N4O2. The predicted molar refractivity (Wildman–Crippen MR) is 75.5 cm³/mol. The lowest BCUT2D eigenvalue weighted by atomic mass is 10.0. The molecule has 0 fully saturated rings. The van der Waals surface area contributed by atoms with Crippen LogP contribution in [0.15, 0.2) is 18.3 Å². The maximum atomic E-state index is 12.0. The van der Waals surface area contributed by atoms with E-state index in [1.165, 1.54) is 12.3 Å². The largest absolute Gasteiger partial charge is 0.368 e. The summed E-state index contributed by atoms with van der Waals surface area (Å²) < 4.78 is 0. The van der Waals surface area contributed by atoms with Crippen molar-refractivity contribution in [3.05, 3.63) is 29.6 Å². The van der Waals surface area contributed by atoms with E-state index in [0.29, 0.717) is 5.56 Å². The van der Waals surface area contributed by atoms with E-state index in [-0.39, 0.29) is 18.2 Å². The Balaban J connectivity index is 2.80. The Bertz CT molecular complexity index is 541. The highest BCUT2D eigenvalue weighted by atomic mass is 16.2. The molecule has 106 valence electrons. The summed E-state index contributed by atoms with van der Waals surface area (Å²) in [7, 11) is 0. The zero-order valence-electron chi connectivity index (χ0n) is 11.5. The first-order valence-electron chi connectivity index (χ1n) is 6.21. The number of nitrogens with two attached hydrogens (primary N) is 2. The van der Waals surface area contributed by atoms with Crippen molar-refractivity contribution in [2.45, 2.75) is 19.9 Å². The lowest BCUT2D eigenvalue weighted by molar-refractivity contribution is -0.120. The van der Waals surface area contributed by atoms with Gasteiger partial charge in [0.1, 0.15) is 11.7 Å². The van der Waals surface area contributed by atoms with E-state index in [1.54, 1.807) is 19.9 Å². The third kappa shape index (κ3) is 4.37. The van der Waals surface area contributed by atoms with E-state index in [0.717, 1.165) is 0 Å². The van der Waals surface area contributed by atoms with Crippen molar-refractivity contribution < 1.29 is 9.59 Å². The van der Waals surface area contributed by atoms with Gasteiger partial charge in [0, 0.05) is 11.8 Å². The summed E-state index contributed by atoms with van der Waals surface area (Å²) in [5.74, 6) is 4.39. The number of rotatable bonds is 4. The Morgan fingerprint density at radius 3 is 2.55 bits per heavy atom. The molecular weight excluding hydrogens is 256 g/mol. The summed E-state index contributed by atoms with van der Waals surface area (Å²) in [4.78, 5) is 27.2. The molecule has 0 aliphatic heterocycles. The normalized spacial score (nSPS) is 11.4. The molecule has 1 aromatic heterocycles. The second-order valence-electron chi connectivity index (χ2n) is 4.54. The van der Waals surface area contributed by atoms with Gasteiger partial charge in [-0.3, -0.25) is 9.59 Å². The predicted octanol–water partition coefficient (Wildman–Crippen LogP) is -0.368. The molecule has 0 aliphatic carbocycles. The highest BCUT2D eigenvalue weighted by molar-refractivity contribution is 5.95. The molecule has 6 nitrogen and oxygen atoms in total. The van der Waals surface area contributed by atoms with Crippen molar-refractivity contribution in [2.24, 2.45) is 17.4 Å². The molecule has 1 aromatic rings. The molecule has 20 heavy (non-hydrogen) atoms. The smallest absolute Gasteiger partial charge is 0.270 e. The molecule has 0 spiro atoms. The quantitative estimate of drug-likeness (QED) is 0.650. The molecule has 1 atom stereocenters. The second-order valence-corrected chi connectivity index (χ2v) is 4.54. The van der Waals surface area contributed by atoms with Gasteiger partial charge >= 0.3 is 0 Å². The number of nitrogens with one attached hydrogen (secondary N) is 1. The third-order valence-corrected chi connectivity index (χ3v) is 2.59. The van der Waals surface area contributed by atoms with Crippen LogP contribution in [0, 0.1) is 17.8 Å². The number of amides is 2.